The Hall–Kier alpha value is -4.63. The Morgan fingerprint density at radius 1 is 1.00 bits per heavy atom. The van der Waals surface area contributed by atoms with Crippen molar-refractivity contribution in [1.29, 1.82) is 0 Å². The number of piperidine rings is 1. The second-order valence-corrected chi connectivity index (χ2v) is 9.96. The molecular formula is C30H28N6O3. The van der Waals surface area contributed by atoms with Gasteiger partial charge in [-0.3, -0.25) is 9.69 Å². The zero-order valence-electron chi connectivity index (χ0n) is 21.6. The number of likely N-dealkylation sites (tertiary alicyclic amines) is 1. The number of carbonyl (C=O) groups is 2. The van der Waals surface area contributed by atoms with Crippen molar-refractivity contribution < 1.29 is 14.3 Å². The molecule has 39 heavy (non-hydrogen) atoms. The molecule has 0 atom stereocenters. The maximum atomic E-state index is 12.0. The fourth-order valence-electron chi connectivity index (χ4n) is 5.25. The number of aromatic nitrogens is 4. The molecule has 4 heterocycles. The summed E-state index contributed by atoms with van der Waals surface area (Å²) in [5.74, 6) is -0.811. The molecule has 0 saturated carbocycles. The van der Waals surface area contributed by atoms with Crippen LogP contribution in [0, 0.1) is 12.8 Å². The van der Waals surface area contributed by atoms with E-state index >= 15 is 0 Å². The molecule has 0 bridgehead atoms. The predicted molar refractivity (Wildman–Crippen MR) is 148 cm³/mol. The largest absolute Gasteiger partial charge is 0.412 e. The minimum absolute atomic E-state index is 0.285. The van der Waals surface area contributed by atoms with Crippen LogP contribution in [0.3, 0.4) is 0 Å². The van der Waals surface area contributed by atoms with E-state index in [4.69, 9.17) is 10.7 Å². The summed E-state index contributed by atoms with van der Waals surface area (Å²) >= 11 is 0. The third-order valence-electron chi connectivity index (χ3n) is 7.22. The lowest BCUT2D eigenvalue weighted by atomic mass is 9.96. The van der Waals surface area contributed by atoms with Crippen LogP contribution in [0.5, 0.6) is 0 Å². The number of amides is 1. The van der Waals surface area contributed by atoms with Crippen LogP contribution in [0.25, 0.3) is 39.1 Å². The lowest BCUT2D eigenvalue weighted by molar-refractivity contribution is -0.143. The highest BCUT2D eigenvalue weighted by atomic mass is 16.6. The second-order valence-electron chi connectivity index (χ2n) is 9.96. The quantitative estimate of drug-likeness (QED) is 0.263. The molecule has 0 aliphatic carbocycles. The summed E-state index contributed by atoms with van der Waals surface area (Å²) in [4.78, 5) is 34.8. The van der Waals surface area contributed by atoms with Gasteiger partial charge >= 0.3 is 12.1 Å². The first-order chi connectivity index (χ1) is 18.9. The number of hydrogen-bond acceptors (Lipinski definition) is 7. The monoisotopic (exact) mass is 520 g/mol. The van der Waals surface area contributed by atoms with E-state index in [1.165, 1.54) is 5.56 Å². The topological polar surface area (TPSA) is 116 Å². The summed E-state index contributed by atoms with van der Waals surface area (Å²) in [5, 5.41) is 5.55. The van der Waals surface area contributed by atoms with Gasteiger partial charge in [-0.1, -0.05) is 54.6 Å². The average Bonchev–Trinajstić information content (AvgIpc) is 3.34. The van der Waals surface area contributed by atoms with E-state index in [9.17, 15) is 9.59 Å². The first-order valence-corrected chi connectivity index (χ1v) is 13.0. The Labute approximate surface area is 225 Å². The molecule has 1 saturated heterocycles. The average molecular weight is 521 g/mol. The number of nitrogens with zero attached hydrogens (tertiary/aromatic N) is 5. The van der Waals surface area contributed by atoms with E-state index in [0.717, 1.165) is 64.4 Å². The second kappa shape index (κ2) is 10.3. The van der Waals surface area contributed by atoms with Gasteiger partial charge < -0.3 is 10.5 Å². The number of esters is 1. The number of rotatable bonds is 5. The number of primary amides is 1. The third kappa shape index (κ3) is 5.08. The van der Waals surface area contributed by atoms with Crippen LogP contribution in [0.4, 0.5) is 4.79 Å². The SMILES string of the molecule is Cc1cc2ncc3cc(-c4ccccc4)c(-c4ccc(CN5CCC(C(=O)OC(N)=O)CC5)cc4)nc3n2n1. The summed E-state index contributed by atoms with van der Waals surface area (Å²) in [6.45, 7) is 4.22. The van der Waals surface area contributed by atoms with Gasteiger partial charge in [-0.25, -0.2) is 14.8 Å². The van der Waals surface area contributed by atoms with Crippen molar-refractivity contribution in [3.8, 4) is 22.4 Å². The zero-order chi connectivity index (χ0) is 26.9. The first-order valence-electron chi connectivity index (χ1n) is 13.0. The minimum Gasteiger partial charge on any atom is -0.376 e. The van der Waals surface area contributed by atoms with Crippen LogP contribution in [0.15, 0.2) is 72.9 Å². The van der Waals surface area contributed by atoms with Crippen molar-refractivity contribution in [2.24, 2.45) is 11.7 Å². The van der Waals surface area contributed by atoms with Crippen LogP contribution in [-0.2, 0) is 16.1 Å². The Balaban J connectivity index is 1.28. The van der Waals surface area contributed by atoms with Crippen LogP contribution in [0.1, 0.15) is 24.1 Å². The molecule has 1 amide bonds. The maximum absolute atomic E-state index is 12.0. The van der Waals surface area contributed by atoms with Crippen LogP contribution < -0.4 is 5.73 Å². The van der Waals surface area contributed by atoms with Crippen molar-refractivity contribution in [2.45, 2.75) is 26.3 Å². The van der Waals surface area contributed by atoms with Gasteiger partial charge in [0.15, 0.2) is 11.3 Å². The number of nitrogens with two attached hydrogens (primary N) is 1. The highest BCUT2D eigenvalue weighted by Gasteiger charge is 2.27. The maximum Gasteiger partial charge on any atom is 0.412 e. The van der Waals surface area contributed by atoms with Gasteiger partial charge in [0.25, 0.3) is 0 Å². The third-order valence-corrected chi connectivity index (χ3v) is 7.22. The van der Waals surface area contributed by atoms with E-state index in [-0.39, 0.29) is 5.92 Å². The number of fused-ring (bicyclic) bond motifs is 3. The fourth-order valence-corrected chi connectivity index (χ4v) is 5.25. The molecule has 0 unspecified atom stereocenters. The Morgan fingerprint density at radius 2 is 1.74 bits per heavy atom. The van der Waals surface area contributed by atoms with Crippen LogP contribution in [-0.4, -0.2) is 49.6 Å². The Morgan fingerprint density at radius 3 is 2.46 bits per heavy atom. The van der Waals surface area contributed by atoms with Crippen molar-refractivity contribution >= 4 is 28.7 Å². The molecule has 2 aromatic carbocycles. The van der Waals surface area contributed by atoms with E-state index < -0.39 is 12.1 Å². The summed E-state index contributed by atoms with van der Waals surface area (Å²) < 4.78 is 6.36. The fraction of sp³-hybridized carbons (Fsp3) is 0.233. The first kappa shape index (κ1) is 24.7. The summed E-state index contributed by atoms with van der Waals surface area (Å²) in [7, 11) is 0. The van der Waals surface area contributed by atoms with Crippen molar-refractivity contribution in [3.05, 3.63) is 84.2 Å². The number of carbonyl (C=O) groups excluding carboxylic acids is 2. The van der Waals surface area contributed by atoms with Gasteiger partial charge in [-0.05, 0) is 50.0 Å². The standard InChI is InChI=1S/C30H28N6O3/c1-19-15-26-32-17-24-16-25(21-5-3-2-4-6-21)27(33-28(24)36(26)34-19)22-9-7-20(8-10-22)18-35-13-11-23(12-14-35)29(37)39-30(31)38/h2-10,15-17,23H,11-14,18H2,1H3,(H2,31,38). The van der Waals surface area contributed by atoms with Crippen LogP contribution in [0.2, 0.25) is 0 Å². The zero-order valence-corrected chi connectivity index (χ0v) is 21.6. The molecule has 0 spiro atoms. The number of benzene rings is 2. The lowest BCUT2D eigenvalue weighted by Crippen LogP contribution is -2.37. The molecule has 6 rings (SSSR count). The summed E-state index contributed by atoms with van der Waals surface area (Å²) in [5.41, 5.74) is 12.6. The van der Waals surface area contributed by atoms with E-state index in [2.05, 4.69) is 62.2 Å². The number of hydrogen-bond donors (Lipinski definition) is 1. The predicted octanol–water partition coefficient (Wildman–Crippen LogP) is 4.75. The molecule has 1 aliphatic heterocycles. The van der Waals surface area contributed by atoms with Gasteiger partial charge in [-0.2, -0.15) is 9.61 Å². The highest BCUT2D eigenvalue weighted by molar-refractivity contribution is 5.90. The van der Waals surface area contributed by atoms with E-state index in [0.29, 0.717) is 12.8 Å². The molecule has 9 heteroatoms. The Bertz CT molecular complexity index is 1670. The summed E-state index contributed by atoms with van der Waals surface area (Å²) in [6, 6.07) is 22.8. The molecule has 0 radical (unpaired) electrons. The molecule has 196 valence electrons. The van der Waals surface area contributed by atoms with E-state index in [1.54, 1.807) is 4.52 Å². The van der Waals surface area contributed by atoms with E-state index in [1.807, 2.05) is 37.4 Å². The van der Waals surface area contributed by atoms with Crippen molar-refractivity contribution in [1.82, 2.24) is 24.5 Å². The lowest BCUT2D eigenvalue weighted by Gasteiger charge is -2.30. The van der Waals surface area contributed by atoms with Crippen molar-refractivity contribution in [3.63, 3.8) is 0 Å². The smallest absolute Gasteiger partial charge is 0.376 e. The number of ether oxygens (including phenoxy) is 1. The normalized spacial score (nSPS) is 14.6. The minimum atomic E-state index is -1.04. The van der Waals surface area contributed by atoms with Gasteiger partial charge in [-0.15, -0.1) is 0 Å². The van der Waals surface area contributed by atoms with Gasteiger partial charge in [0, 0.05) is 35.3 Å². The van der Waals surface area contributed by atoms with Crippen LogP contribution >= 0.6 is 0 Å². The van der Waals surface area contributed by atoms with Gasteiger partial charge in [0.2, 0.25) is 0 Å². The highest BCUT2D eigenvalue weighted by Crippen LogP contribution is 2.34. The van der Waals surface area contributed by atoms with Crippen molar-refractivity contribution in [2.75, 3.05) is 13.1 Å². The molecule has 1 aliphatic rings. The molecular weight excluding hydrogens is 492 g/mol. The molecule has 5 aromatic rings. The van der Waals surface area contributed by atoms with Gasteiger partial charge in [0.05, 0.1) is 17.3 Å². The molecule has 1 fully saturated rings. The number of pyridine rings is 1. The molecule has 3 aromatic heterocycles. The number of aryl methyl sites for hydroxylation is 1. The summed E-state index contributed by atoms with van der Waals surface area (Å²) in [6.07, 6.45) is 2.10. The Kier molecular flexibility index (Phi) is 6.50. The molecule has 2 N–H and O–H groups in total. The van der Waals surface area contributed by atoms with Gasteiger partial charge in [0.1, 0.15) is 0 Å². The molecule has 9 nitrogen and oxygen atoms in total.